The SMILES string of the molecule is CCCCCCC(C)(C)c1ccc([O])c(C(C)C)c1. The molecule has 1 rings (SSSR count). The van der Waals surface area contributed by atoms with Gasteiger partial charge in [0.05, 0.1) is 0 Å². The van der Waals surface area contributed by atoms with Crippen molar-refractivity contribution in [2.24, 2.45) is 0 Å². The molecule has 0 saturated heterocycles. The quantitative estimate of drug-likeness (QED) is 0.521. The Bertz CT molecular complexity index is 391. The van der Waals surface area contributed by atoms with Crippen molar-refractivity contribution in [1.29, 1.82) is 0 Å². The standard InChI is InChI=1S/C18H29O/c1-6-7-8-9-12-18(4,5)15-10-11-17(19)16(13-15)14(2)3/h10-11,13-14H,6-9,12H2,1-5H3. The molecule has 0 heterocycles. The molecule has 0 aromatic heterocycles. The molecule has 0 saturated carbocycles. The number of rotatable bonds is 7. The van der Waals surface area contributed by atoms with Crippen LogP contribution in [0.15, 0.2) is 18.2 Å². The molecule has 0 spiro atoms. The van der Waals surface area contributed by atoms with Crippen LogP contribution in [0.3, 0.4) is 0 Å². The summed E-state index contributed by atoms with van der Waals surface area (Å²) in [4.78, 5) is 0. The molecule has 0 bridgehead atoms. The monoisotopic (exact) mass is 261 g/mol. The highest BCUT2D eigenvalue weighted by Gasteiger charge is 2.22. The summed E-state index contributed by atoms with van der Waals surface area (Å²) in [5.41, 5.74) is 2.44. The van der Waals surface area contributed by atoms with E-state index in [1.54, 1.807) is 6.07 Å². The second kappa shape index (κ2) is 6.98. The third-order valence-electron chi connectivity index (χ3n) is 4.07. The first kappa shape index (κ1) is 16.1. The molecule has 0 fully saturated rings. The average Bonchev–Trinajstić information content (AvgIpc) is 2.34. The minimum absolute atomic E-state index is 0.172. The normalized spacial score (nSPS) is 12.1. The van der Waals surface area contributed by atoms with Crippen LogP contribution in [0, 0.1) is 0 Å². The van der Waals surface area contributed by atoms with E-state index in [4.69, 9.17) is 0 Å². The van der Waals surface area contributed by atoms with Gasteiger partial charge in [0.15, 0.2) is 5.75 Å². The molecule has 1 heteroatoms. The van der Waals surface area contributed by atoms with E-state index in [9.17, 15) is 5.11 Å². The van der Waals surface area contributed by atoms with Crippen molar-refractivity contribution in [2.45, 2.75) is 78.1 Å². The highest BCUT2D eigenvalue weighted by molar-refractivity contribution is 5.40. The fraction of sp³-hybridized carbons (Fsp3) is 0.667. The van der Waals surface area contributed by atoms with Gasteiger partial charge in [-0.1, -0.05) is 72.4 Å². The number of unbranched alkanes of at least 4 members (excludes halogenated alkanes) is 3. The zero-order valence-electron chi connectivity index (χ0n) is 13.3. The summed E-state index contributed by atoms with van der Waals surface area (Å²) in [6.45, 7) is 11.0. The van der Waals surface area contributed by atoms with Gasteiger partial charge >= 0.3 is 0 Å². The van der Waals surface area contributed by atoms with E-state index in [0.29, 0.717) is 5.92 Å². The Kier molecular flexibility index (Phi) is 5.90. The van der Waals surface area contributed by atoms with Crippen molar-refractivity contribution in [3.05, 3.63) is 29.3 Å². The summed E-state index contributed by atoms with van der Waals surface area (Å²) >= 11 is 0. The van der Waals surface area contributed by atoms with Crippen molar-refractivity contribution in [1.82, 2.24) is 0 Å². The van der Waals surface area contributed by atoms with E-state index < -0.39 is 0 Å². The van der Waals surface area contributed by atoms with Gasteiger partial charge in [0.1, 0.15) is 0 Å². The summed E-state index contributed by atoms with van der Waals surface area (Å²) in [5.74, 6) is 0.490. The van der Waals surface area contributed by atoms with Crippen LogP contribution < -0.4 is 0 Å². The molecular formula is C18H29O. The van der Waals surface area contributed by atoms with Crippen molar-refractivity contribution >= 4 is 0 Å². The predicted octanol–water partition coefficient (Wildman–Crippen LogP) is 6.20. The van der Waals surface area contributed by atoms with Gasteiger partial charge in [0.25, 0.3) is 0 Å². The maximum absolute atomic E-state index is 11.8. The maximum atomic E-state index is 11.8. The van der Waals surface area contributed by atoms with Crippen molar-refractivity contribution < 1.29 is 5.11 Å². The molecule has 107 valence electrons. The smallest absolute Gasteiger partial charge is 0.182 e. The van der Waals surface area contributed by atoms with Crippen molar-refractivity contribution in [3.8, 4) is 5.75 Å². The Labute approximate surface area is 119 Å². The van der Waals surface area contributed by atoms with Crippen LogP contribution in [0.25, 0.3) is 0 Å². The minimum atomic E-state index is 0.172. The largest absolute Gasteiger partial charge is 0.290 e. The lowest BCUT2D eigenvalue weighted by Gasteiger charge is -2.26. The zero-order valence-corrected chi connectivity index (χ0v) is 13.3. The predicted molar refractivity (Wildman–Crippen MR) is 82.4 cm³/mol. The summed E-state index contributed by atoms with van der Waals surface area (Å²) in [5, 5.41) is 11.8. The average molecular weight is 261 g/mol. The minimum Gasteiger partial charge on any atom is -0.290 e. The first-order chi connectivity index (χ1) is 8.88. The summed E-state index contributed by atoms with van der Waals surface area (Å²) in [6.07, 6.45) is 6.39. The zero-order chi connectivity index (χ0) is 14.5. The Hall–Kier alpha value is -0.980. The van der Waals surface area contributed by atoms with Crippen LogP contribution >= 0.6 is 0 Å². The Balaban J connectivity index is 2.80. The molecule has 0 amide bonds. The fourth-order valence-corrected chi connectivity index (χ4v) is 2.56. The van der Waals surface area contributed by atoms with Gasteiger partial charge in [-0.15, -0.1) is 0 Å². The summed E-state index contributed by atoms with van der Waals surface area (Å²) in [6, 6.07) is 5.90. The van der Waals surface area contributed by atoms with Crippen LogP contribution in [-0.4, -0.2) is 0 Å². The van der Waals surface area contributed by atoms with E-state index >= 15 is 0 Å². The Morgan fingerprint density at radius 3 is 2.37 bits per heavy atom. The first-order valence-corrected chi connectivity index (χ1v) is 7.70. The number of hydrogen-bond acceptors (Lipinski definition) is 0. The lowest BCUT2D eigenvalue weighted by molar-refractivity contribution is 0.347. The molecule has 0 aliphatic heterocycles. The molecule has 0 aliphatic carbocycles. The van der Waals surface area contributed by atoms with Crippen LogP contribution in [0.2, 0.25) is 0 Å². The first-order valence-electron chi connectivity index (χ1n) is 7.70. The molecule has 0 aliphatic rings. The van der Waals surface area contributed by atoms with Crippen LogP contribution in [-0.2, 0) is 10.5 Å². The van der Waals surface area contributed by atoms with Gasteiger partial charge in [-0.05, 0) is 29.4 Å². The van der Waals surface area contributed by atoms with Gasteiger partial charge in [0.2, 0.25) is 0 Å². The molecular weight excluding hydrogens is 232 g/mol. The van der Waals surface area contributed by atoms with E-state index in [2.05, 4.69) is 40.7 Å². The molecule has 19 heavy (non-hydrogen) atoms. The van der Waals surface area contributed by atoms with Crippen LogP contribution in [0.1, 0.15) is 83.8 Å². The Morgan fingerprint density at radius 1 is 1.11 bits per heavy atom. The summed E-state index contributed by atoms with van der Waals surface area (Å²) < 4.78 is 0. The fourth-order valence-electron chi connectivity index (χ4n) is 2.56. The number of hydrogen-bond donors (Lipinski definition) is 0. The molecule has 1 aromatic rings. The molecule has 1 nitrogen and oxygen atoms in total. The molecule has 0 atom stereocenters. The van der Waals surface area contributed by atoms with Crippen LogP contribution in [0.5, 0.6) is 5.75 Å². The second-order valence-electron chi connectivity index (χ2n) is 6.60. The lowest BCUT2D eigenvalue weighted by atomic mass is 9.78. The van der Waals surface area contributed by atoms with Gasteiger partial charge in [-0.3, -0.25) is 5.11 Å². The molecule has 0 N–H and O–H groups in total. The Morgan fingerprint density at radius 2 is 1.79 bits per heavy atom. The van der Waals surface area contributed by atoms with Crippen molar-refractivity contribution in [2.75, 3.05) is 0 Å². The maximum Gasteiger partial charge on any atom is 0.182 e. The van der Waals surface area contributed by atoms with E-state index in [-0.39, 0.29) is 11.2 Å². The highest BCUT2D eigenvalue weighted by Crippen LogP contribution is 2.34. The summed E-state index contributed by atoms with van der Waals surface area (Å²) in [7, 11) is 0. The lowest BCUT2D eigenvalue weighted by Crippen LogP contribution is -2.17. The van der Waals surface area contributed by atoms with Gasteiger partial charge in [0, 0.05) is 5.56 Å². The van der Waals surface area contributed by atoms with Crippen LogP contribution in [0.4, 0.5) is 0 Å². The third-order valence-corrected chi connectivity index (χ3v) is 4.07. The molecule has 1 aromatic carbocycles. The topological polar surface area (TPSA) is 19.9 Å². The van der Waals surface area contributed by atoms with E-state index in [1.165, 1.54) is 37.7 Å². The molecule has 1 radical (unpaired) electrons. The second-order valence-corrected chi connectivity index (χ2v) is 6.60. The molecule has 0 unspecified atom stereocenters. The third kappa shape index (κ3) is 4.56. The van der Waals surface area contributed by atoms with Gasteiger partial charge < -0.3 is 0 Å². The van der Waals surface area contributed by atoms with Gasteiger partial charge in [-0.2, -0.15) is 0 Å². The number of benzene rings is 1. The van der Waals surface area contributed by atoms with E-state index in [1.807, 2.05) is 6.07 Å². The van der Waals surface area contributed by atoms with Crippen molar-refractivity contribution in [3.63, 3.8) is 0 Å². The highest BCUT2D eigenvalue weighted by atomic mass is 16.3. The van der Waals surface area contributed by atoms with Gasteiger partial charge in [-0.25, -0.2) is 0 Å². The van der Waals surface area contributed by atoms with E-state index in [0.717, 1.165) is 5.56 Å².